The normalized spacial score (nSPS) is 11.7. The predicted molar refractivity (Wildman–Crippen MR) is 55.2 cm³/mol. The monoisotopic (exact) mass is 180 g/mol. The Labute approximate surface area is 78.9 Å². The lowest BCUT2D eigenvalue weighted by molar-refractivity contribution is 0.949. The standard InChI is InChI=1S/C11H13Cl/c1-2-6-11(12)9-10-7-4-3-5-8-10/h3-5,7-9H,2,6H2,1H3. The van der Waals surface area contributed by atoms with Crippen LogP contribution in [-0.4, -0.2) is 0 Å². The smallest absolute Gasteiger partial charge is 0.0186 e. The minimum absolute atomic E-state index is 0.934. The maximum atomic E-state index is 5.98. The maximum Gasteiger partial charge on any atom is 0.0186 e. The Morgan fingerprint density at radius 1 is 1.33 bits per heavy atom. The highest BCUT2D eigenvalue weighted by molar-refractivity contribution is 6.31. The second kappa shape index (κ2) is 5.00. The van der Waals surface area contributed by atoms with Gasteiger partial charge in [-0.15, -0.1) is 0 Å². The molecule has 1 rings (SSSR count). The third-order valence-electron chi connectivity index (χ3n) is 1.61. The minimum Gasteiger partial charge on any atom is -0.0891 e. The van der Waals surface area contributed by atoms with Gasteiger partial charge < -0.3 is 0 Å². The van der Waals surface area contributed by atoms with Gasteiger partial charge >= 0.3 is 0 Å². The van der Waals surface area contributed by atoms with Crippen LogP contribution in [0.5, 0.6) is 0 Å². The molecular weight excluding hydrogens is 168 g/mol. The van der Waals surface area contributed by atoms with Gasteiger partial charge in [0.2, 0.25) is 0 Å². The molecule has 0 atom stereocenters. The van der Waals surface area contributed by atoms with Crippen LogP contribution in [0.3, 0.4) is 0 Å². The minimum atomic E-state index is 0.934. The van der Waals surface area contributed by atoms with E-state index >= 15 is 0 Å². The molecule has 0 saturated carbocycles. The number of hydrogen-bond acceptors (Lipinski definition) is 0. The van der Waals surface area contributed by atoms with Crippen LogP contribution in [0.2, 0.25) is 0 Å². The summed E-state index contributed by atoms with van der Waals surface area (Å²) in [5.41, 5.74) is 1.18. The van der Waals surface area contributed by atoms with Crippen molar-refractivity contribution in [1.82, 2.24) is 0 Å². The molecule has 0 fully saturated rings. The third kappa shape index (κ3) is 3.10. The number of benzene rings is 1. The average molecular weight is 181 g/mol. The molecule has 12 heavy (non-hydrogen) atoms. The number of allylic oxidation sites excluding steroid dienone is 1. The molecule has 0 N–H and O–H groups in total. The van der Waals surface area contributed by atoms with Gasteiger partial charge in [0.05, 0.1) is 0 Å². The summed E-state index contributed by atoms with van der Waals surface area (Å²) in [5, 5.41) is 0.934. The van der Waals surface area contributed by atoms with E-state index in [4.69, 9.17) is 11.6 Å². The molecular formula is C11H13Cl. The molecule has 0 radical (unpaired) electrons. The summed E-state index contributed by atoms with van der Waals surface area (Å²) in [4.78, 5) is 0. The molecule has 0 aliphatic heterocycles. The highest BCUT2D eigenvalue weighted by Gasteiger charge is 1.90. The van der Waals surface area contributed by atoms with Gasteiger partial charge in [0.15, 0.2) is 0 Å². The lowest BCUT2D eigenvalue weighted by atomic mass is 10.2. The van der Waals surface area contributed by atoms with Crippen LogP contribution in [0, 0.1) is 0 Å². The first-order valence-electron chi connectivity index (χ1n) is 4.24. The first-order valence-corrected chi connectivity index (χ1v) is 4.62. The molecule has 0 heterocycles. The molecule has 0 aliphatic rings. The van der Waals surface area contributed by atoms with Gasteiger partial charge in [-0.3, -0.25) is 0 Å². The first-order chi connectivity index (χ1) is 5.83. The van der Waals surface area contributed by atoms with Crippen LogP contribution in [0.4, 0.5) is 0 Å². The first kappa shape index (κ1) is 9.34. The molecule has 0 bridgehead atoms. The molecule has 0 nitrogen and oxygen atoms in total. The fourth-order valence-electron chi connectivity index (χ4n) is 1.04. The largest absolute Gasteiger partial charge is 0.0891 e. The van der Waals surface area contributed by atoms with Crippen molar-refractivity contribution in [3.8, 4) is 0 Å². The summed E-state index contributed by atoms with van der Waals surface area (Å²) in [6.45, 7) is 2.13. The van der Waals surface area contributed by atoms with E-state index in [9.17, 15) is 0 Å². The predicted octanol–water partition coefficient (Wildman–Crippen LogP) is 4.07. The summed E-state index contributed by atoms with van der Waals surface area (Å²) < 4.78 is 0. The van der Waals surface area contributed by atoms with Gasteiger partial charge in [-0.1, -0.05) is 55.3 Å². The van der Waals surface area contributed by atoms with Crippen LogP contribution < -0.4 is 0 Å². The van der Waals surface area contributed by atoms with E-state index in [0.717, 1.165) is 17.9 Å². The van der Waals surface area contributed by atoms with Crippen molar-refractivity contribution in [2.45, 2.75) is 19.8 Å². The fraction of sp³-hybridized carbons (Fsp3) is 0.273. The molecule has 64 valence electrons. The Kier molecular flexibility index (Phi) is 3.89. The van der Waals surface area contributed by atoms with Crippen molar-refractivity contribution in [3.05, 3.63) is 40.9 Å². The van der Waals surface area contributed by atoms with E-state index in [-0.39, 0.29) is 0 Å². The second-order valence-corrected chi connectivity index (χ2v) is 3.24. The van der Waals surface area contributed by atoms with Crippen molar-refractivity contribution >= 4 is 17.7 Å². The van der Waals surface area contributed by atoms with Crippen molar-refractivity contribution in [2.75, 3.05) is 0 Å². The number of hydrogen-bond donors (Lipinski definition) is 0. The Hall–Kier alpha value is -0.750. The molecule has 0 amide bonds. The van der Waals surface area contributed by atoms with Gasteiger partial charge in [0, 0.05) is 5.03 Å². The molecule has 0 spiro atoms. The maximum absolute atomic E-state index is 5.98. The van der Waals surface area contributed by atoms with Crippen LogP contribution >= 0.6 is 11.6 Å². The van der Waals surface area contributed by atoms with E-state index < -0.39 is 0 Å². The summed E-state index contributed by atoms with van der Waals surface area (Å²) in [7, 11) is 0. The summed E-state index contributed by atoms with van der Waals surface area (Å²) in [6, 6.07) is 10.1. The van der Waals surface area contributed by atoms with E-state index in [0.29, 0.717) is 0 Å². The molecule has 1 aromatic rings. The molecule has 0 aliphatic carbocycles. The van der Waals surface area contributed by atoms with Gasteiger partial charge in [0.25, 0.3) is 0 Å². The zero-order chi connectivity index (χ0) is 8.81. The van der Waals surface area contributed by atoms with Crippen LogP contribution in [0.1, 0.15) is 25.3 Å². The molecule has 0 saturated heterocycles. The van der Waals surface area contributed by atoms with Gasteiger partial charge in [-0.25, -0.2) is 0 Å². The lowest BCUT2D eigenvalue weighted by Gasteiger charge is -1.95. The van der Waals surface area contributed by atoms with E-state index in [2.05, 4.69) is 19.1 Å². The van der Waals surface area contributed by atoms with Crippen LogP contribution in [0.15, 0.2) is 35.4 Å². The average Bonchev–Trinajstić information content (AvgIpc) is 2.06. The summed E-state index contributed by atoms with van der Waals surface area (Å²) >= 11 is 5.98. The van der Waals surface area contributed by atoms with Gasteiger partial charge in [-0.2, -0.15) is 0 Å². The Balaban J connectivity index is 2.67. The summed E-state index contributed by atoms with van der Waals surface area (Å²) in [5.74, 6) is 0. The zero-order valence-electron chi connectivity index (χ0n) is 7.26. The molecule has 1 aromatic carbocycles. The van der Waals surface area contributed by atoms with Crippen LogP contribution in [-0.2, 0) is 0 Å². The van der Waals surface area contributed by atoms with E-state index in [1.54, 1.807) is 0 Å². The fourth-order valence-corrected chi connectivity index (χ4v) is 1.36. The highest BCUT2D eigenvalue weighted by atomic mass is 35.5. The summed E-state index contributed by atoms with van der Waals surface area (Å²) in [6.07, 6.45) is 4.09. The second-order valence-electron chi connectivity index (χ2n) is 2.75. The zero-order valence-corrected chi connectivity index (χ0v) is 8.01. The topological polar surface area (TPSA) is 0 Å². The van der Waals surface area contributed by atoms with Gasteiger partial charge in [0.1, 0.15) is 0 Å². The van der Waals surface area contributed by atoms with Crippen molar-refractivity contribution < 1.29 is 0 Å². The van der Waals surface area contributed by atoms with Crippen molar-refractivity contribution in [3.63, 3.8) is 0 Å². The Morgan fingerprint density at radius 2 is 2.00 bits per heavy atom. The van der Waals surface area contributed by atoms with Crippen molar-refractivity contribution in [2.24, 2.45) is 0 Å². The Morgan fingerprint density at radius 3 is 2.58 bits per heavy atom. The van der Waals surface area contributed by atoms with Crippen molar-refractivity contribution in [1.29, 1.82) is 0 Å². The number of rotatable bonds is 3. The van der Waals surface area contributed by atoms with E-state index in [1.807, 2.05) is 24.3 Å². The van der Waals surface area contributed by atoms with Gasteiger partial charge in [-0.05, 0) is 18.1 Å². The van der Waals surface area contributed by atoms with Crippen LogP contribution in [0.25, 0.3) is 6.08 Å². The molecule has 0 unspecified atom stereocenters. The number of halogens is 1. The molecule has 0 aromatic heterocycles. The lowest BCUT2D eigenvalue weighted by Crippen LogP contribution is -1.73. The quantitative estimate of drug-likeness (QED) is 0.658. The SMILES string of the molecule is CCCC(Cl)=Cc1ccccc1. The van der Waals surface area contributed by atoms with E-state index in [1.165, 1.54) is 5.56 Å². The highest BCUT2D eigenvalue weighted by Crippen LogP contribution is 2.14. The molecule has 1 heteroatoms. The third-order valence-corrected chi connectivity index (χ3v) is 1.91. The Bertz CT molecular complexity index is 249.